The predicted octanol–water partition coefficient (Wildman–Crippen LogP) is 3.53. The maximum atomic E-state index is 5.39. The van der Waals surface area contributed by atoms with Crippen molar-refractivity contribution in [3.8, 4) is 5.75 Å². The number of aryl methyl sites for hydroxylation is 2. The van der Waals surface area contributed by atoms with Gasteiger partial charge in [-0.2, -0.15) is 0 Å². The zero-order chi connectivity index (χ0) is 15.2. The summed E-state index contributed by atoms with van der Waals surface area (Å²) in [7, 11) is 3.52. The molecular formula is C16H22N4O. The van der Waals surface area contributed by atoms with Gasteiger partial charge in [0.15, 0.2) is 0 Å². The second-order valence-corrected chi connectivity index (χ2v) is 4.88. The Bertz CT molecular complexity index is 613. The molecule has 0 amide bonds. The van der Waals surface area contributed by atoms with Gasteiger partial charge in [-0.25, -0.2) is 9.97 Å². The van der Waals surface area contributed by atoms with Gasteiger partial charge in [0.25, 0.3) is 0 Å². The number of methoxy groups -OCH3 is 1. The summed E-state index contributed by atoms with van der Waals surface area (Å²) in [4.78, 5) is 9.00. The molecule has 21 heavy (non-hydrogen) atoms. The van der Waals surface area contributed by atoms with Crippen molar-refractivity contribution < 1.29 is 4.74 Å². The van der Waals surface area contributed by atoms with E-state index in [2.05, 4.69) is 27.5 Å². The highest BCUT2D eigenvalue weighted by atomic mass is 16.5. The molecule has 2 aromatic rings. The van der Waals surface area contributed by atoms with E-state index in [4.69, 9.17) is 4.74 Å². The van der Waals surface area contributed by atoms with Crippen LogP contribution in [0.4, 0.5) is 17.3 Å². The Balaban J connectivity index is 2.34. The van der Waals surface area contributed by atoms with Crippen LogP contribution in [-0.4, -0.2) is 24.1 Å². The fourth-order valence-electron chi connectivity index (χ4n) is 2.08. The Morgan fingerprint density at radius 3 is 2.57 bits per heavy atom. The lowest BCUT2D eigenvalue weighted by molar-refractivity contribution is 0.416. The molecule has 0 aliphatic carbocycles. The Labute approximate surface area is 125 Å². The van der Waals surface area contributed by atoms with Crippen molar-refractivity contribution in [1.29, 1.82) is 0 Å². The molecule has 1 aromatic heterocycles. The smallest absolute Gasteiger partial charge is 0.142 e. The maximum Gasteiger partial charge on any atom is 0.142 e. The molecule has 0 bridgehead atoms. The topological polar surface area (TPSA) is 59.1 Å². The van der Waals surface area contributed by atoms with Crippen molar-refractivity contribution in [1.82, 2.24) is 9.97 Å². The molecule has 5 heteroatoms. The fourth-order valence-corrected chi connectivity index (χ4v) is 2.08. The highest BCUT2D eigenvalue weighted by molar-refractivity contribution is 5.66. The van der Waals surface area contributed by atoms with Crippen LogP contribution in [0.25, 0.3) is 0 Å². The van der Waals surface area contributed by atoms with E-state index in [1.165, 1.54) is 0 Å². The average Bonchev–Trinajstić information content (AvgIpc) is 2.47. The summed E-state index contributed by atoms with van der Waals surface area (Å²) in [5, 5.41) is 6.39. The number of anilines is 3. The standard InChI is InChI=1S/C16H22N4O/c1-5-6-14-19-15(17-3)10-16(20-14)18-12-9-11(2)7-8-13(12)21-4/h7-10H,5-6H2,1-4H3,(H2,17,18,19,20). The zero-order valence-electron chi connectivity index (χ0n) is 13.0. The van der Waals surface area contributed by atoms with E-state index in [-0.39, 0.29) is 0 Å². The first kappa shape index (κ1) is 15.1. The van der Waals surface area contributed by atoms with Gasteiger partial charge in [0.1, 0.15) is 23.2 Å². The lowest BCUT2D eigenvalue weighted by atomic mass is 10.2. The zero-order valence-corrected chi connectivity index (χ0v) is 13.0. The van der Waals surface area contributed by atoms with E-state index in [0.29, 0.717) is 0 Å². The molecular weight excluding hydrogens is 264 g/mol. The molecule has 0 saturated heterocycles. The van der Waals surface area contributed by atoms with Crippen LogP contribution in [0.3, 0.4) is 0 Å². The van der Waals surface area contributed by atoms with Gasteiger partial charge in [0.05, 0.1) is 12.8 Å². The minimum absolute atomic E-state index is 0.765. The fraction of sp³-hybridized carbons (Fsp3) is 0.375. The van der Waals surface area contributed by atoms with Gasteiger partial charge in [-0.1, -0.05) is 13.0 Å². The van der Waals surface area contributed by atoms with Crippen molar-refractivity contribution >= 4 is 17.3 Å². The van der Waals surface area contributed by atoms with Crippen molar-refractivity contribution in [2.45, 2.75) is 26.7 Å². The molecule has 0 aliphatic heterocycles. The Morgan fingerprint density at radius 1 is 1.14 bits per heavy atom. The normalized spacial score (nSPS) is 10.3. The summed E-state index contributed by atoms with van der Waals surface area (Å²) in [6.45, 7) is 4.16. The molecule has 0 fully saturated rings. The van der Waals surface area contributed by atoms with Crippen LogP contribution in [0.2, 0.25) is 0 Å². The van der Waals surface area contributed by atoms with Crippen LogP contribution in [0.15, 0.2) is 24.3 Å². The van der Waals surface area contributed by atoms with E-state index in [9.17, 15) is 0 Å². The van der Waals surface area contributed by atoms with Crippen LogP contribution in [0.5, 0.6) is 5.75 Å². The largest absolute Gasteiger partial charge is 0.495 e. The molecule has 2 N–H and O–H groups in total. The van der Waals surface area contributed by atoms with E-state index < -0.39 is 0 Å². The van der Waals surface area contributed by atoms with Crippen molar-refractivity contribution in [3.05, 3.63) is 35.7 Å². The molecule has 0 spiro atoms. The highest BCUT2D eigenvalue weighted by Crippen LogP contribution is 2.28. The monoisotopic (exact) mass is 286 g/mol. The van der Waals surface area contributed by atoms with Crippen molar-refractivity contribution in [3.63, 3.8) is 0 Å². The van der Waals surface area contributed by atoms with Gasteiger partial charge in [0.2, 0.25) is 0 Å². The van der Waals surface area contributed by atoms with E-state index in [0.717, 1.165) is 47.3 Å². The molecule has 112 valence electrons. The summed E-state index contributed by atoms with van der Waals surface area (Å²) in [5.74, 6) is 3.20. The van der Waals surface area contributed by atoms with Crippen LogP contribution >= 0.6 is 0 Å². The molecule has 0 radical (unpaired) electrons. The first-order chi connectivity index (χ1) is 10.2. The second-order valence-electron chi connectivity index (χ2n) is 4.88. The van der Waals surface area contributed by atoms with Crippen molar-refractivity contribution in [2.75, 3.05) is 24.8 Å². The molecule has 0 aliphatic rings. The molecule has 0 atom stereocenters. The number of hydrogen-bond donors (Lipinski definition) is 2. The summed E-state index contributed by atoms with van der Waals surface area (Å²) in [6, 6.07) is 7.90. The molecule has 1 heterocycles. The third kappa shape index (κ3) is 3.84. The van der Waals surface area contributed by atoms with Gasteiger partial charge in [-0.3, -0.25) is 0 Å². The highest BCUT2D eigenvalue weighted by Gasteiger charge is 2.07. The van der Waals surface area contributed by atoms with Gasteiger partial charge in [-0.15, -0.1) is 0 Å². The van der Waals surface area contributed by atoms with Crippen LogP contribution in [0, 0.1) is 6.92 Å². The summed E-state index contributed by atoms with van der Waals surface area (Å²) < 4.78 is 5.39. The minimum atomic E-state index is 0.765. The maximum absolute atomic E-state index is 5.39. The lowest BCUT2D eigenvalue weighted by Gasteiger charge is -2.13. The van der Waals surface area contributed by atoms with Gasteiger partial charge in [0, 0.05) is 19.5 Å². The third-order valence-electron chi connectivity index (χ3n) is 3.12. The summed E-state index contributed by atoms with van der Waals surface area (Å²) in [6.07, 6.45) is 1.87. The third-order valence-corrected chi connectivity index (χ3v) is 3.12. The second kappa shape index (κ2) is 6.92. The Hall–Kier alpha value is -2.30. The Morgan fingerprint density at radius 2 is 1.90 bits per heavy atom. The molecule has 2 rings (SSSR count). The van der Waals surface area contributed by atoms with Gasteiger partial charge >= 0.3 is 0 Å². The average molecular weight is 286 g/mol. The van der Waals surface area contributed by atoms with Crippen LogP contribution in [-0.2, 0) is 6.42 Å². The number of hydrogen-bond acceptors (Lipinski definition) is 5. The molecule has 5 nitrogen and oxygen atoms in total. The number of nitrogens with one attached hydrogen (secondary N) is 2. The number of aromatic nitrogens is 2. The molecule has 0 unspecified atom stereocenters. The van der Waals surface area contributed by atoms with Crippen LogP contribution in [0.1, 0.15) is 24.7 Å². The number of nitrogens with zero attached hydrogens (tertiary/aromatic N) is 2. The number of benzene rings is 1. The molecule has 0 saturated carbocycles. The first-order valence-electron chi connectivity index (χ1n) is 7.13. The molecule has 1 aromatic carbocycles. The number of ether oxygens (including phenoxy) is 1. The quantitative estimate of drug-likeness (QED) is 0.850. The number of rotatable bonds is 6. The summed E-state index contributed by atoms with van der Waals surface area (Å²) in [5.41, 5.74) is 2.07. The summed E-state index contributed by atoms with van der Waals surface area (Å²) >= 11 is 0. The van der Waals surface area contributed by atoms with Gasteiger partial charge < -0.3 is 15.4 Å². The lowest BCUT2D eigenvalue weighted by Crippen LogP contribution is -2.04. The van der Waals surface area contributed by atoms with E-state index in [1.54, 1.807) is 7.11 Å². The van der Waals surface area contributed by atoms with E-state index >= 15 is 0 Å². The van der Waals surface area contributed by atoms with Crippen molar-refractivity contribution in [2.24, 2.45) is 0 Å². The SMILES string of the molecule is CCCc1nc(NC)cc(Nc2cc(C)ccc2OC)n1. The minimum Gasteiger partial charge on any atom is -0.495 e. The predicted molar refractivity (Wildman–Crippen MR) is 86.6 cm³/mol. The Kier molecular flexibility index (Phi) is 4.98. The van der Waals surface area contributed by atoms with E-state index in [1.807, 2.05) is 38.2 Å². The first-order valence-corrected chi connectivity index (χ1v) is 7.13. The van der Waals surface area contributed by atoms with Gasteiger partial charge in [-0.05, 0) is 31.0 Å². The van der Waals surface area contributed by atoms with Crippen LogP contribution < -0.4 is 15.4 Å².